The number of aliphatic carboxylic acids is 1. The number of nitrogens with zero attached hydrogens (tertiary/aromatic N) is 1. The van der Waals surface area contributed by atoms with E-state index in [0.29, 0.717) is 0 Å². The SMILES string of the molecule is O=C(O)C[C@H](O)c1ccon1. The minimum Gasteiger partial charge on any atom is -0.481 e. The molecule has 1 aromatic rings. The van der Waals surface area contributed by atoms with Crippen molar-refractivity contribution in [2.24, 2.45) is 0 Å². The van der Waals surface area contributed by atoms with E-state index in [1.165, 1.54) is 12.3 Å². The van der Waals surface area contributed by atoms with Crippen molar-refractivity contribution in [2.75, 3.05) is 0 Å². The van der Waals surface area contributed by atoms with Crippen molar-refractivity contribution in [1.82, 2.24) is 5.16 Å². The number of carboxylic acids is 1. The third kappa shape index (κ3) is 2.05. The maximum Gasteiger partial charge on any atom is 0.306 e. The van der Waals surface area contributed by atoms with Crippen LogP contribution in [-0.4, -0.2) is 21.3 Å². The van der Waals surface area contributed by atoms with Crippen molar-refractivity contribution in [3.05, 3.63) is 18.0 Å². The highest BCUT2D eigenvalue weighted by Gasteiger charge is 2.13. The zero-order valence-electron chi connectivity index (χ0n) is 5.60. The molecule has 0 aliphatic heterocycles. The van der Waals surface area contributed by atoms with Gasteiger partial charge in [-0.1, -0.05) is 5.16 Å². The van der Waals surface area contributed by atoms with Crippen LogP contribution in [0, 0.1) is 0 Å². The molecule has 5 heteroatoms. The highest BCUT2D eigenvalue weighted by Crippen LogP contribution is 2.12. The fourth-order valence-electron chi connectivity index (χ4n) is 0.664. The molecule has 0 radical (unpaired) electrons. The van der Waals surface area contributed by atoms with Gasteiger partial charge in [0.1, 0.15) is 18.1 Å². The van der Waals surface area contributed by atoms with Gasteiger partial charge in [0.25, 0.3) is 0 Å². The second-order valence-corrected chi connectivity index (χ2v) is 2.04. The molecule has 0 saturated carbocycles. The van der Waals surface area contributed by atoms with E-state index >= 15 is 0 Å². The summed E-state index contributed by atoms with van der Waals surface area (Å²) >= 11 is 0. The molecule has 1 atom stereocenters. The van der Waals surface area contributed by atoms with Gasteiger partial charge in [-0.05, 0) is 0 Å². The summed E-state index contributed by atoms with van der Waals surface area (Å²) in [5, 5.41) is 20.7. The van der Waals surface area contributed by atoms with Crippen molar-refractivity contribution < 1.29 is 19.5 Å². The van der Waals surface area contributed by atoms with E-state index in [1.807, 2.05) is 0 Å². The summed E-state index contributed by atoms with van der Waals surface area (Å²) in [4.78, 5) is 10.1. The summed E-state index contributed by atoms with van der Waals surface area (Å²) in [6.07, 6.45) is -0.154. The normalized spacial score (nSPS) is 12.8. The minimum absolute atomic E-state index is 0.243. The third-order valence-corrected chi connectivity index (χ3v) is 1.17. The van der Waals surface area contributed by atoms with E-state index in [0.717, 1.165) is 0 Å². The Morgan fingerprint density at radius 1 is 1.82 bits per heavy atom. The molecule has 0 aliphatic rings. The van der Waals surface area contributed by atoms with E-state index in [2.05, 4.69) is 9.68 Å². The van der Waals surface area contributed by atoms with Gasteiger partial charge in [-0.15, -0.1) is 0 Å². The fourth-order valence-corrected chi connectivity index (χ4v) is 0.664. The van der Waals surface area contributed by atoms with E-state index in [-0.39, 0.29) is 12.1 Å². The Morgan fingerprint density at radius 3 is 3.00 bits per heavy atom. The number of rotatable bonds is 3. The number of hydrogen-bond donors (Lipinski definition) is 2. The summed E-state index contributed by atoms with van der Waals surface area (Å²) in [6, 6.07) is 1.42. The number of hydrogen-bond acceptors (Lipinski definition) is 4. The standard InChI is InChI=1S/C6H7NO4/c8-5(3-6(9)10)4-1-2-11-7-4/h1-2,5,8H,3H2,(H,9,10)/t5-/m0/s1. The molecule has 0 bridgehead atoms. The Kier molecular flexibility index (Phi) is 2.22. The largest absolute Gasteiger partial charge is 0.481 e. The Hall–Kier alpha value is -1.36. The molecule has 0 aromatic carbocycles. The fraction of sp³-hybridized carbons (Fsp3) is 0.333. The lowest BCUT2D eigenvalue weighted by Crippen LogP contribution is -2.05. The molecule has 0 fully saturated rings. The maximum absolute atomic E-state index is 10.1. The van der Waals surface area contributed by atoms with Crippen LogP contribution < -0.4 is 0 Å². The minimum atomic E-state index is -1.08. The van der Waals surface area contributed by atoms with Gasteiger partial charge in [-0.3, -0.25) is 4.79 Å². The zero-order valence-corrected chi connectivity index (χ0v) is 5.60. The van der Waals surface area contributed by atoms with Crippen LogP contribution in [0.15, 0.2) is 16.9 Å². The Balaban J connectivity index is 2.56. The predicted molar refractivity (Wildman–Crippen MR) is 33.7 cm³/mol. The van der Waals surface area contributed by atoms with E-state index in [9.17, 15) is 4.79 Å². The molecule has 60 valence electrons. The lowest BCUT2D eigenvalue weighted by Gasteiger charge is -2.00. The van der Waals surface area contributed by atoms with Gasteiger partial charge in [-0.2, -0.15) is 0 Å². The van der Waals surface area contributed by atoms with Crippen LogP contribution in [0.2, 0.25) is 0 Å². The van der Waals surface area contributed by atoms with Crippen LogP contribution >= 0.6 is 0 Å². The summed E-state index contributed by atoms with van der Waals surface area (Å²) < 4.78 is 4.41. The van der Waals surface area contributed by atoms with Crippen molar-refractivity contribution >= 4 is 5.97 Å². The second kappa shape index (κ2) is 3.16. The number of carboxylic acid groups (broad SMARTS) is 1. The average Bonchev–Trinajstić information content (AvgIpc) is 2.35. The number of aliphatic hydroxyl groups excluding tert-OH is 1. The predicted octanol–water partition coefficient (Wildman–Crippen LogP) is 0.183. The van der Waals surface area contributed by atoms with E-state index < -0.39 is 12.1 Å². The second-order valence-electron chi connectivity index (χ2n) is 2.04. The molecule has 0 amide bonds. The molecule has 1 aromatic heterocycles. The first-order valence-corrected chi connectivity index (χ1v) is 3.00. The van der Waals surface area contributed by atoms with Crippen molar-refractivity contribution in [3.63, 3.8) is 0 Å². The topological polar surface area (TPSA) is 83.6 Å². The lowest BCUT2D eigenvalue weighted by molar-refractivity contribution is -0.139. The highest BCUT2D eigenvalue weighted by atomic mass is 16.5. The quantitative estimate of drug-likeness (QED) is 0.653. The van der Waals surface area contributed by atoms with Gasteiger partial charge in [0, 0.05) is 6.07 Å². The first-order valence-electron chi connectivity index (χ1n) is 3.00. The lowest BCUT2D eigenvalue weighted by atomic mass is 10.2. The summed E-state index contributed by atoms with van der Waals surface area (Å²) in [5.74, 6) is -1.07. The van der Waals surface area contributed by atoms with Crippen LogP contribution in [0.25, 0.3) is 0 Å². The van der Waals surface area contributed by atoms with Gasteiger partial charge in [0.2, 0.25) is 0 Å². The molecule has 5 nitrogen and oxygen atoms in total. The Bertz CT molecular complexity index is 231. The molecule has 11 heavy (non-hydrogen) atoms. The number of aromatic nitrogens is 1. The Labute approximate surface area is 62.2 Å². The number of aliphatic hydroxyl groups is 1. The molecule has 0 spiro atoms. The summed E-state index contributed by atoms with van der Waals surface area (Å²) in [5.41, 5.74) is 0.243. The molecular formula is C6H7NO4. The third-order valence-electron chi connectivity index (χ3n) is 1.17. The van der Waals surface area contributed by atoms with E-state index in [1.54, 1.807) is 0 Å². The summed E-state index contributed by atoms with van der Waals surface area (Å²) in [6.45, 7) is 0. The van der Waals surface area contributed by atoms with Crippen LogP contribution in [0.5, 0.6) is 0 Å². The average molecular weight is 157 g/mol. The first kappa shape index (κ1) is 7.74. The molecular weight excluding hydrogens is 150 g/mol. The zero-order chi connectivity index (χ0) is 8.27. The molecule has 1 rings (SSSR count). The van der Waals surface area contributed by atoms with Crippen LogP contribution in [-0.2, 0) is 4.79 Å². The first-order chi connectivity index (χ1) is 5.20. The van der Waals surface area contributed by atoms with Crippen LogP contribution in [0.1, 0.15) is 18.2 Å². The Morgan fingerprint density at radius 2 is 2.55 bits per heavy atom. The van der Waals surface area contributed by atoms with Crippen molar-refractivity contribution in [2.45, 2.75) is 12.5 Å². The highest BCUT2D eigenvalue weighted by molar-refractivity contribution is 5.67. The van der Waals surface area contributed by atoms with Crippen LogP contribution in [0.3, 0.4) is 0 Å². The smallest absolute Gasteiger partial charge is 0.306 e. The van der Waals surface area contributed by atoms with Crippen molar-refractivity contribution in [3.8, 4) is 0 Å². The molecule has 2 N–H and O–H groups in total. The van der Waals surface area contributed by atoms with Gasteiger partial charge >= 0.3 is 5.97 Å². The monoisotopic (exact) mass is 157 g/mol. The maximum atomic E-state index is 10.1. The molecule has 0 aliphatic carbocycles. The van der Waals surface area contributed by atoms with Gasteiger partial charge in [0.05, 0.1) is 6.42 Å². The van der Waals surface area contributed by atoms with Crippen LogP contribution in [0.4, 0.5) is 0 Å². The van der Waals surface area contributed by atoms with Gasteiger partial charge in [-0.25, -0.2) is 0 Å². The summed E-state index contributed by atoms with van der Waals surface area (Å²) in [7, 11) is 0. The van der Waals surface area contributed by atoms with Crippen molar-refractivity contribution in [1.29, 1.82) is 0 Å². The molecule has 0 saturated heterocycles. The van der Waals surface area contributed by atoms with E-state index in [4.69, 9.17) is 10.2 Å². The molecule has 1 heterocycles. The van der Waals surface area contributed by atoms with Gasteiger partial charge < -0.3 is 14.7 Å². The molecule has 0 unspecified atom stereocenters. The number of carbonyl (C=O) groups is 1. The van der Waals surface area contributed by atoms with Gasteiger partial charge in [0.15, 0.2) is 0 Å².